The van der Waals surface area contributed by atoms with Gasteiger partial charge in [0.2, 0.25) is 5.91 Å². The smallest absolute Gasteiger partial charge is 0.410 e. The van der Waals surface area contributed by atoms with Gasteiger partial charge in [-0.25, -0.2) is 9.80 Å². The van der Waals surface area contributed by atoms with Gasteiger partial charge in [0.15, 0.2) is 0 Å². The molecule has 0 saturated heterocycles. The maximum Gasteiger partial charge on any atom is 0.410 e. The van der Waals surface area contributed by atoms with Gasteiger partial charge >= 0.3 is 6.09 Å². The third-order valence-electron chi connectivity index (χ3n) is 3.66. The van der Waals surface area contributed by atoms with E-state index in [2.05, 4.69) is 5.10 Å². The topological polar surface area (TPSA) is 62.2 Å². The lowest BCUT2D eigenvalue weighted by Gasteiger charge is -2.24. The summed E-state index contributed by atoms with van der Waals surface area (Å²) in [6.07, 6.45) is 4.31. The number of hydrogen-bond donors (Lipinski definition) is 0. The highest BCUT2D eigenvalue weighted by Crippen LogP contribution is 2.26. The van der Waals surface area contributed by atoms with Crippen molar-refractivity contribution in [1.29, 1.82) is 0 Å². The molecule has 6 heteroatoms. The minimum Gasteiger partial charge on any atom is -0.444 e. The Labute approximate surface area is 126 Å². The van der Waals surface area contributed by atoms with E-state index in [4.69, 9.17) is 4.74 Å². The molecule has 0 N–H and O–H groups in total. The van der Waals surface area contributed by atoms with Gasteiger partial charge in [-0.3, -0.25) is 4.79 Å². The summed E-state index contributed by atoms with van der Waals surface area (Å²) >= 11 is 0. The lowest BCUT2D eigenvalue weighted by Crippen LogP contribution is -2.37. The van der Waals surface area contributed by atoms with Crippen LogP contribution < -0.4 is 0 Å². The minimum atomic E-state index is -0.519. The maximum atomic E-state index is 12.0. The first-order valence-corrected chi connectivity index (χ1v) is 7.59. The molecule has 1 heterocycles. The van der Waals surface area contributed by atoms with Gasteiger partial charge in [0.05, 0.1) is 24.7 Å². The molecule has 0 bridgehead atoms. The Morgan fingerprint density at radius 3 is 2.57 bits per heavy atom. The van der Waals surface area contributed by atoms with E-state index in [0.29, 0.717) is 13.0 Å². The van der Waals surface area contributed by atoms with E-state index in [-0.39, 0.29) is 11.9 Å². The highest BCUT2D eigenvalue weighted by atomic mass is 16.6. The summed E-state index contributed by atoms with van der Waals surface area (Å²) in [6.45, 7) is 5.83. The fraction of sp³-hybridized carbons (Fsp3) is 0.800. The zero-order chi connectivity index (χ0) is 15.6. The first-order chi connectivity index (χ1) is 9.76. The van der Waals surface area contributed by atoms with Crippen LogP contribution in [-0.4, -0.2) is 52.9 Å². The molecule has 2 amide bonds. The van der Waals surface area contributed by atoms with Gasteiger partial charge in [-0.2, -0.15) is 5.10 Å². The monoisotopic (exact) mass is 295 g/mol. The van der Waals surface area contributed by atoms with Crippen LogP contribution in [0, 0.1) is 0 Å². The molecule has 0 aromatic heterocycles. The Balaban J connectivity index is 1.92. The fourth-order valence-corrected chi connectivity index (χ4v) is 2.70. The van der Waals surface area contributed by atoms with Crippen molar-refractivity contribution in [2.75, 3.05) is 13.6 Å². The minimum absolute atomic E-state index is 0.0505. The molecule has 21 heavy (non-hydrogen) atoms. The molecule has 6 nitrogen and oxygen atoms in total. The number of carbonyl (C=O) groups excluding carboxylic acids is 2. The second-order valence-electron chi connectivity index (χ2n) is 6.86. The third-order valence-corrected chi connectivity index (χ3v) is 3.66. The van der Waals surface area contributed by atoms with Crippen LogP contribution in [0.2, 0.25) is 0 Å². The highest BCUT2D eigenvalue weighted by Gasteiger charge is 2.33. The predicted octanol–water partition coefficient (Wildman–Crippen LogP) is 2.38. The van der Waals surface area contributed by atoms with Crippen LogP contribution in [0.5, 0.6) is 0 Å². The average Bonchev–Trinajstić information content (AvgIpc) is 2.96. The zero-order valence-electron chi connectivity index (χ0n) is 13.4. The van der Waals surface area contributed by atoms with Crippen LogP contribution in [-0.2, 0) is 9.53 Å². The molecular weight excluding hydrogens is 270 g/mol. The third kappa shape index (κ3) is 4.19. The lowest BCUT2D eigenvalue weighted by atomic mass is 10.2. The average molecular weight is 295 g/mol. The molecule has 118 valence electrons. The zero-order valence-corrected chi connectivity index (χ0v) is 13.4. The van der Waals surface area contributed by atoms with Gasteiger partial charge in [0, 0.05) is 7.05 Å². The maximum absolute atomic E-state index is 12.0. The highest BCUT2D eigenvalue weighted by molar-refractivity contribution is 6.06. The molecule has 1 saturated carbocycles. The van der Waals surface area contributed by atoms with E-state index >= 15 is 0 Å². The Hall–Kier alpha value is -1.59. The van der Waals surface area contributed by atoms with Gasteiger partial charge in [0.1, 0.15) is 5.60 Å². The quantitative estimate of drug-likeness (QED) is 0.803. The summed E-state index contributed by atoms with van der Waals surface area (Å²) in [5.74, 6) is 0.0505. The summed E-state index contributed by atoms with van der Waals surface area (Å²) < 4.78 is 5.30. The number of ether oxygens (including phenoxy) is 1. The molecule has 0 aromatic carbocycles. The van der Waals surface area contributed by atoms with Crippen LogP contribution >= 0.6 is 0 Å². The lowest BCUT2D eigenvalue weighted by molar-refractivity contribution is -0.130. The summed E-state index contributed by atoms with van der Waals surface area (Å²) in [4.78, 5) is 25.4. The molecule has 0 aromatic rings. The van der Waals surface area contributed by atoms with Crippen molar-refractivity contribution in [2.24, 2.45) is 5.10 Å². The number of amides is 2. The van der Waals surface area contributed by atoms with Crippen molar-refractivity contribution >= 4 is 17.7 Å². The van der Waals surface area contributed by atoms with Crippen molar-refractivity contribution in [3.63, 3.8) is 0 Å². The van der Waals surface area contributed by atoms with E-state index in [1.54, 1.807) is 12.1 Å². The molecule has 1 aliphatic carbocycles. The Bertz CT molecular complexity index is 448. The molecule has 0 radical (unpaired) electrons. The van der Waals surface area contributed by atoms with E-state index in [1.165, 1.54) is 4.90 Å². The van der Waals surface area contributed by atoms with Gasteiger partial charge < -0.3 is 9.64 Å². The molecule has 1 aliphatic heterocycles. The Kier molecular flexibility index (Phi) is 4.54. The van der Waals surface area contributed by atoms with E-state index in [1.807, 2.05) is 20.8 Å². The molecule has 2 aliphatic rings. The standard InChI is InChI=1S/C15H25N3O3/c1-15(2,3)21-14(20)17(4)10-11-9-13(19)18(16-11)12-7-5-6-8-12/h12H,5-10H2,1-4H3. The Morgan fingerprint density at radius 2 is 2.00 bits per heavy atom. The molecule has 0 spiro atoms. The van der Waals surface area contributed by atoms with Gasteiger partial charge in [0.25, 0.3) is 0 Å². The summed E-state index contributed by atoms with van der Waals surface area (Å²) in [6, 6.07) is 0.252. The summed E-state index contributed by atoms with van der Waals surface area (Å²) in [5, 5.41) is 6.05. The Morgan fingerprint density at radius 1 is 1.38 bits per heavy atom. The van der Waals surface area contributed by atoms with Crippen molar-refractivity contribution in [3.8, 4) is 0 Å². The van der Waals surface area contributed by atoms with Crippen molar-refractivity contribution in [2.45, 2.75) is 64.5 Å². The normalized spacial score (nSPS) is 19.9. The van der Waals surface area contributed by atoms with Crippen molar-refractivity contribution in [3.05, 3.63) is 0 Å². The predicted molar refractivity (Wildman–Crippen MR) is 80.0 cm³/mol. The molecular formula is C15H25N3O3. The van der Waals surface area contributed by atoms with E-state index in [9.17, 15) is 9.59 Å². The second-order valence-corrected chi connectivity index (χ2v) is 6.86. The van der Waals surface area contributed by atoms with Crippen LogP contribution in [0.25, 0.3) is 0 Å². The second kappa shape index (κ2) is 6.03. The molecule has 2 rings (SSSR count). The van der Waals surface area contributed by atoms with Gasteiger partial charge in [-0.05, 0) is 33.6 Å². The fourth-order valence-electron chi connectivity index (χ4n) is 2.70. The first kappa shape index (κ1) is 15.8. The first-order valence-electron chi connectivity index (χ1n) is 7.59. The van der Waals surface area contributed by atoms with Crippen LogP contribution in [0.15, 0.2) is 5.10 Å². The van der Waals surface area contributed by atoms with Crippen LogP contribution in [0.3, 0.4) is 0 Å². The molecule has 0 atom stereocenters. The number of hydrazone groups is 1. The van der Waals surface area contributed by atoms with Crippen molar-refractivity contribution in [1.82, 2.24) is 9.91 Å². The molecule has 1 fully saturated rings. The van der Waals surface area contributed by atoms with Gasteiger partial charge in [-0.15, -0.1) is 0 Å². The number of carbonyl (C=O) groups is 2. The molecule has 0 unspecified atom stereocenters. The van der Waals surface area contributed by atoms with Crippen LogP contribution in [0.1, 0.15) is 52.9 Å². The largest absolute Gasteiger partial charge is 0.444 e. The number of nitrogens with zero attached hydrogens (tertiary/aromatic N) is 3. The van der Waals surface area contributed by atoms with Gasteiger partial charge in [-0.1, -0.05) is 12.8 Å². The van der Waals surface area contributed by atoms with E-state index in [0.717, 1.165) is 31.4 Å². The number of rotatable bonds is 3. The summed E-state index contributed by atoms with van der Waals surface area (Å²) in [5.41, 5.74) is 0.217. The van der Waals surface area contributed by atoms with Crippen molar-refractivity contribution < 1.29 is 14.3 Å². The number of hydrogen-bond acceptors (Lipinski definition) is 4. The van der Waals surface area contributed by atoms with E-state index < -0.39 is 11.7 Å². The SMILES string of the molecule is CN(CC1=NN(C2CCCC2)C(=O)C1)C(=O)OC(C)(C)C. The van der Waals surface area contributed by atoms with Crippen LogP contribution in [0.4, 0.5) is 4.79 Å². The summed E-state index contributed by atoms with van der Waals surface area (Å²) in [7, 11) is 1.67.